The smallest absolute Gasteiger partial charge is 0.247 e. The van der Waals surface area contributed by atoms with Gasteiger partial charge in [0, 0.05) is 12.2 Å². The fourth-order valence-electron chi connectivity index (χ4n) is 4.12. The second kappa shape index (κ2) is 8.88. The molecule has 2 heterocycles. The number of hydrogen-bond acceptors (Lipinski definition) is 5. The van der Waals surface area contributed by atoms with Crippen LogP contribution in [0.25, 0.3) is 0 Å². The molecule has 6 nitrogen and oxygen atoms in total. The molecule has 1 aromatic carbocycles. The van der Waals surface area contributed by atoms with Gasteiger partial charge in [-0.3, -0.25) is 14.6 Å². The maximum absolute atomic E-state index is 13.1. The van der Waals surface area contributed by atoms with E-state index in [1.54, 1.807) is 23.7 Å². The molecule has 2 aliphatic rings. The molecule has 3 rings (SSSR count). The Morgan fingerprint density at radius 1 is 1.24 bits per heavy atom. The lowest BCUT2D eigenvalue weighted by molar-refractivity contribution is -0.140. The summed E-state index contributed by atoms with van der Waals surface area (Å²) in [7, 11) is 1.80. The van der Waals surface area contributed by atoms with Gasteiger partial charge in [0.15, 0.2) is 0 Å². The van der Waals surface area contributed by atoms with Crippen LogP contribution in [-0.2, 0) is 9.59 Å². The van der Waals surface area contributed by atoms with E-state index in [2.05, 4.69) is 22.5 Å². The average Bonchev–Trinajstić information content (AvgIpc) is 3.30. The van der Waals surface area contributed by atoms with Crippen molar-refractivity contribution in [1.82, 2.24) is 10.2 Å². The summed E-state index contributed by atoms with van der Waals surface area (Å²) in [6.07, 6.45) is 1.55. The molecule has 4 atom stereocenters. The second-order valence-corrected chi connectivity index (χ2v) is 9.93. The monoisotopic (exact) mass is 416 g/mol. The van der Waals surface area contributed by atoms with Gasteiger partial charge >= 0.3 is 0 Å². The first-order valence-corrected chi connectivity index (χ1v) is 11.2. The third-order valence-corrected chi connectivity index (χ3v) is 6.89. The van der Waals surface area contributed by atoms with Crippen LogP contribution in [0.1, 0.15) is 51.3 Å². The summed E-state index contributed by atoms with van der Waals surface area (Å²) in [5.41, 5.74) is 3.66. The van der Waals surface area contributed by atoms with Gasteiger partial charge in [-0.25, -0.2) is 0 Å². The molecular formula is C22H32N4O2S. The summed E-state index contributed by atoms with van der Waals surface area (Å²) in [5, 5.41) is 6.46. The summed E-state index contributed by atoms with van der Waals surface area (Å²) in [5.74, 6) is -0.112. The highest BCUT2D eigenvalue weighted by atomic mass is 32.2. The Morgan fingerprint density at radius 2 is 1.93 bits per heavy atom. The third-order valence-electron chi connectivity index (χ3n) is 5.69. The van der Waals surface area contributed by atoms with Gasteiger partial charge in [-0.2, -0.15) is 0 Å². The van der Waals surface area contributed by atoms with Crippen molar-refractivity contribution in [3.05, 3.63) is 29.8 Å². The number of benzene rings is 1. The number of amides is 2. The van der Waals surface area contributed by atoms with Crippen molar-refractivity contribution >= 4 is 34.8 Å². The number of aliphatic imine (C=N–C) groups is 1. The van der Waals surface area contributed by atoms with Crippen molar-refractivity contribution in [2.75, 3.05) is 18.9 Å². The average molecular weight is 417 g/mol. The summed E-state index contributed by atoms with van der Waals surface area (Å²) >= 11 is 1.72. The van der Waals surface area contributed by atoms with Crippen molar-refractivity contribution in [2.45, 2.75) is 63.9 Å². The molecule has 0 saturated carbocycles. The van der Waals surface area contributed by atoms with Crippen LogP contribution in [0.2, 0.25) is 0 Å². The minimum atomic E-state index is -0.417. The standard InChI is InChI=1S/C22H32N4O2S/c1-14-18(29-13-24-14)15-8-10-16(11-9-15)25-20(27)17-7-6-12-26(17)21(28)19(23-5)22(2,3)4/h8-11,13-14,17-19,23H,6-7,12H2,1-5H3,(H,25,27). The van der Waals surface area contributed by atoms with E-state index < -0.39 is 6.04 Å². The quantitative estimate of drug-likeness (QED) is 0.771. The Bertz CT molecular complexity index is 772. The van der Waals surface area contributed by atoms with E-state index in [-0.39, 0.29) is 29.3 Å². The van der Waals surface area contributed by atoms with Crippen molar-refractivity contribution in [3.63, 3.8) is 0 Å². The number of thioether (sulfide) groups is 1. The molecule has 2 N–H and O–H groups in total. The number of rotatable bonds is 5. The van der Waals surface area contributed by atoms with Crippen molar-refractivity contribution in [2.24, 2.45) is 10.4 Å². The zero-order chi connectivity index (χ0) is 21.2. The van der Waals surface area contributed by atoms with Crippen LogP contribution in [-0.4, -0.2) is 54.0 Å². The number of hydrogen-bond donors (Lipinski definition) is 2. The van der Waals surface area contributed by atoms with Gasteiger partial charge < -0.3 is 15.5 Å². The van der Waals surface area contributed by atoms with Gasteiger partial charge in [0.1, 0.15) is 6.04 Å². The first-order valence-electron chi connectivity index (χ1n) is 10.3. The molecule has 1 aromatic rings. The Kier molecular flexibility index (Phi) is 6.69. The highest BCUT2D eigenvalue weighted by Crippen LogP contribution is 2.37. The highest BCUT2D eigenvalue weighted by molar-refractivity contribution is 8.12. The highest BCUT2D eigenvalue weighted by Gasteiger charge is 2.40. The number of likely N-dealkylation sites (N-methyl/N-ethyl adjacent to an activating group) is 1. The van der Waals surface area contributed by atoms with Gasteiger partial charge in [0.25, 0.3) is 0 Å². The molecule has 0 aromatic heterocycles. The molecule has 1 saturated heterocycles. The molecule has 0 radical (unpaired) electrons. The number of nitrogens with one attached hydrogen (secondary N) is 2. The van der Waals surface area contributed by atoms with Gasteiger partial charge in [-0.05, 0) is 49.9 Å². The molecule has 2 amide bonds. The molecule has 0 aliphatic carbocycles. The molecule has 0 bridgehead atoms. The Balaban J connectivity index is 1.66. The predicted molar refractivity (Wildman–Crippen MR) is 120 cm³/mol. The maximum atomic E-state index is 13.1. The molecule has 2 aliphatic heterocycles. The van der Waals surface area contributed by atoms with Gasteiger partial charge in [-0.1, -0.05) is 32.9 Å². The zero-order valence-corrected chi connectivity index (χ0v) is 18.8. The summed E-state index contributed by atoms with van der Waals surface area (Å²) in [6, 6.07) is 7.50. The lowest BCUT2D eigenvalue weighted by Gasteiger charge is -2.34. The minimum Gasteiger partial charge on any atom is -0.329 e. The van der Waals surface area contributed by atoms with E-state index in [1.165, 1.54) is 5.56 Å². The van der Waals surface area contributed by atoms with Crippen LogP contribution >= 0.6 is 11.8 Å². The molecule has 158 valence electrons. The predicted octanol–water partition coefficient (Wildman–Crippen LogP) is 3.45. The minimum absolute atomic E-state index is 0.000226. The van der Waals surface area contributed by atoms with Crippen LogP contribution in [0.5, 0.6) is 0 Å². The number of likely N-dealkylation sites (tertiary alicyclic amines) is 1. The van der Waals surface area contributed by atoms with Crippen LogP contribution in [0.15, 0.2) is 29.3 Å². The molecule has 29 heavy (non-hydrogen) atoms. The lowest BCUT2D eigenvalue weighted by Crippen LogP contribution is -2.55. The van der Waals surface area contributed by atoms with Gasteiger partial charge in [0.2, 0.25) is 11.8 Å². The molecular weight excluding hydrogens is 384 g/mol. The Labute approximate surface area is 177 Å². The van der Waals surface area contributed by atoms with Gasteiger partial charge in [0.05, 0.1) is 22.9 Å². The SMILES string of the molecule is CNC(C(=O)N1CCCC1C(=O)Nc1ccc(C2SC=NC2C)cc1)C(C)(C)C. The van der Waals surface area contributed by atoms with Crippen LogP contribution < -0.4 is 10.6 Å². The number of carbonyl (C=O) groups is 2. The number of anilines is 1. The van der Waals surface area contributed by atoms with E-state index in [9.17, 15) is 9.59 Å². The molecule has 1 fully saturated rings. The number of carbonyl (C=O) groups excluding carboxylic acids is 2. The summed E-state index contributed by atoms with van der Waals surface area (Å²) in [6.45, 7) is 8.84. The molecule has 0 spiro atoms. The Morgan fingerprint density at radius 3 is 2.48 bits per heavy atom. The fraction of sp³-hybridized carbons (Fsp3) is 0.591. The van der Waals surface area contributed by atoms with E-state index in [0.29, 0.717) is 18.2 Å². The molecule has 4 unspecified atom stereocenters. The fourth-order valence-corrected chi connectivity index (χ4v) is 5.13. The normalized spacial score (nSPS) is 25.3. The van der Waals surface area contributed by atoms with Crippen LogP contribution in [0.3, 0.4) is 0 Å². The van der Waals surface area contributed by atoms with Gasteiger partial charge in [-0.15, -0.1) is 11.8 Å². The zero-order valence-electron chi connectivity index (χ0n) is 17.9. The van der Waals surface area contributed by atoms with E-state index in [4.69, 9.17) is 0 Å². The van der Waals surface area contributed by atoms with E-state index >= 15 is 0 Å². The lowest BCUT2D eigenvalue weighted by atomic mass is 9.86. The van der Waals surface area contributed by atoms with E-state index in [0.717, 1.165) is 12.1 Å². The topological polar surface area (TPSA) is 73.8 Å². The third kappa shape index (κ3) is 4.83. The largest absolute Gasteiger partial charge is 0.329 e. The second-order valence-electron chi connectivity index (χ2n) is 8.94. The van der Waals surface area contributed by atoms with Crippen molar-refractivity contribution < 1.29 is 9.59 Å². The van der Waals surface area contributed by atoms with Crippen molar-refractivity contribution in [1.29, 1.82) is 0 Å². The first-order chi connectivity index (χ1) is 13.7. The Hall–Kier alpha value is -1.86. The summed E-state index contributed by atoms with van der Waals surface area (Å²) in [4.78, 5) is 32.2. The van der Waals surface area contributed by atoms with Crippen LogP contribution in [0, 0.1) is 5.41 Å². The number of nitrogens with zero attached hydrogens (tertiary/aromatic N) is 2. The van der Waals surface area contributed by atoms with Crippen molar-refractivity contribution in [3.8, 4) is 0 Å². The first kappa shape index (κ1) is 21.8. The summed E-state index contributed by atoms with van der Waals surface area (Å²) < 4.78 is 0. The maximum Gasteiger partial charge on any atom is 0.247 e. The van der Waals surface area contributed by atoms with E-state index in [1.807, 2.05) is 50.6 Å². The molecule has 7 heteroatoms. The van der Waals surface area contributed by atoms with Crippen LogP contribution in [0.4, 0.5) is 5.69 Å².